The quantitative estimate of drug-likeness (QED) is 0.800. The molecular formula is C16H33N3. The van der Waals surface area contributed by atoms with Crippen LogP contribution in [0.2, 0.25) is 0 Å². The Morgan fingerprint density at radius 1 is 1.16 bits per heavy atom. The highest BCUT2D eigenvalue weighted by molar-refractivity contribution is 4.85. The van der Waals surface area contributed by atoms with Crippen LogP contribution in [-0.4, -0.2) is 55.1 Å². The van der Waals surface area contributed by atoms with Gasteiger partial charge in [0.2, 0.25) is 0 Å². The van der Waals surface area contributed by atoms with E-state index in [2.05, 4.69) is 23.6 Å². The molecule has 0 amide bonds. The third-order valence-electron chi connectivity index (χ3n) is 4.88. The molecule has 2 rings (SSSR count). The van der Waals surface area contributed by atoms with E-state index in [-0.39, 0.29) is 0 Å². The van der Waals surface area contributed by atoms with Crippen LogP contribution in [-0.2, 0) is 0 Å². The summed E-state index contributed by atoms with van der Waals surface area (Å²) in [6, 6.07) is 0.851. The predicted octanol–water partition coefficient (Wildman–Crippen LogP) is 2.17. The third-order valence-corrected chi connectivity index (χ3v) is 4.88. The van der Waals surface area contributed by atoms with Gasteiger partial charge in [0.25, 0.3) is 0 Å². The lowest BCUT2D eigenvalue weighted by molar-refractivity contribution is 0.207. The second-order valence-corrected chi connectivity index (χ2v) is 7.01. The minimum Gasteiger partial charge on any atom is -0.330 e. The molecule has 0 spiro atoms. The van der Waals surface area contributed by atoms with E-state index in [0.717, 1.165) is 24.4 Å². The SMILES string of the molecule is CC(C)CC(CN)CCN1CCCN2CCCC2C1. The van der Waals surface area contributed by atoms with Gasteiger partial charge in [0.1, 0.15) is 0 Å². The molecule has 2 N–H and O–H groups in total. The Morgan fingerprint density at radius 3 is 2.68 bits per heavy atom. The summed E-state index contributed by atoms with van der Waals surface area (Å²) in [4.78, 5) is 5.42. The van der Waals surface area contributed by atoms with E-state index in [1.807, 2.05) is 0 Å². The molecule has 0 aromatic carbocycles. The lowest BCUT2D eigenvalue weighted by atomic mass is 9.94. The van der Waals surface area contributed by atoms with Gasteiger partial charge in [-0.15, -0.1) is 0 Å². The van der Waals surface area contributed by atoms with Gasteiger partial charge in [-0.2, -0.15) is 0 Å². The van der Waals surface area contributed by atoms with Crippen molar-refractivity contribution in [1.29, 1.82) is 0 Å². The second kappa shape index (κ2) is 7.61. The molecule has 0 aliphatic carbocycles. The van der Waals surface area contributed by atoms with Crippen LogP contribution >= 0.6 is 0 Å². The Hall–Kier alpha value is -0.120. The summed E-state index contributed by atoms with van der Waals surface area (Å²) in [6.07, 6.45) is 6.77. The Labute approximate surface area is 119 Å². The molecule has 0 aromatic rings. The molecule has 2 fully saturated rings. The Morgan fingerprint density at radius 2 is 1.95 bits per heavy atom. The van der Waals surface area contributed by atoms with Crippen LogP contribution < -0.4 is 5.73 Å². The van der Waals surface area contributed by atoms with Crippen molar-refractivity contribution >= 4 is 0 Å². The summed E-state index contributed by atoms with van der Waals surface area (Å²) in [7, 11) is 0. The van der Waals surface area contributed by atoms with Gasteiger partial charge in [0.15, 0.2) is 0 Å². The van der Waals surface area contributed by atoms with E-state index >= 15 is 0 Å². The first-order chi connectivity index (χ1) is 9.19. The predicted molar refractivity (Wildman–Crippen MR) is 82.3 cm³/mol. The van der Waals surface area contributed by atoms with E-state index < -0.39 is 0 Å². The molecule has 2 saturated heterocycles. The maximum atomic E-state index is 5.93. The van der Waals surface area contributed by atoms with Gasteiger partial charge < -0.3 is 10.6 Å². The molecule has 0 saturated carbocycles. The monoisotopic (exact) mass is 267 g/mol. The summed E-state index contributed by atoms with van der Waals surface area (Å²) >= 11 is 0. The number of hydrogen-bond acceptors (Lipinski definition) is 3. The van der Waals surface area contributed by atoms with Gasteiger partial charge in [-0.1, -0.05) is 13.8 Å². The zero-order valence-corrected chi connectivity index (χ0v) is 13.0. The van der Waals surface area contributed by atoms with Crippen LogP contribution in [0.3, 0.4) is 0 Å². The number of hydrogen-bond donors (Lipinski definition) is 1. The smallest absolute Gasteiger partial charge is 0.0223 e. The summed E-state index contributed by atoms with van der Waals surface area (Å²) in [5.74, 6) is 1.51. The topological polar surface area (TPSA) is 32.5 Å². The summed E-state index contributed by atoms with van der Waals surface area (Å²) in [5.41, 5.74) is 5.93. The zero-order chi connectivity index (χ0) is 13.7. The average Bonchev–Trinajstić information content (AvgIpc) is 2.72. The van der Waals surface area contributed by atoms with Crippen molar-refractivity contribution < 1.29 is 0 Å². The van der Waals surface area contributed by atoms with Crippen molar-refractivity contribution in [2.45, 2.75) is 52.0 Å². The third kappa shape index (κ3) is 4.73. The molecular weight excluding hydrogens is 234 g/mol. The number of nitrogens with two attached hydrogens (primary N) is 1. The summed E-state index contributed by atoms with van der Waals surface area (Å²) < 4.78 is 0. The molecule has 0 bridgehead atoms. The van der Waals surface area contributed by atoms with Crippen LogP contribution in [0.1, 0.15) is 46.0 Å². The number of rotatable bonds is 6. The molecule has 3 nitrogen and oxygen atoms in total. The van der Waals surface area contributed by atoms with Crippen LogP contribution in [0.5, 0.6) is 0 Å². The van der Waals surface area contributed by atoms with E-state index in [9.17, 15) is 0 Å². The number of nitrogens with zero attached hydrogens (tertiary/aromatic N) is 2. The lowest BCUT2D eigenvalue weighted by Gasteiger charge is -2.27. The Bertz CT molecular complexity index is 254. The summed E-state index contributed by atoms with van der Waals surface area (Å²) in [5, 5.41) is 0. The van der Waals surface area contributed by atoms with Gasteiger partial charge >= 0.3 is 0 Å². The van der Waals surface area contributed by atoms with Crippen LogP contribution in [0.4, 0.5) is 0 Å². The molecule has 2 heterocycles. The molecule has 2 aliphatic rings. The van der Waals surface area contributed by atoms with Crippen molar-refractivity contribution in [2.24, 2.45) is 17.6 Å². The highest BCUT2D eigenvalue weighted by Crippen LogP contribution is 2.22. The lowest BCUT2D eigenvalue weighted by Crippen LogP contribution is -2.37. The zero-order valence-electron chi connectivity index (χ0n) is 13.0. The Kier molecular flexibility index (Phi) is 6.11. The maximum Gasteiger partial charge on any atom is 0.0223 e. The first kappa shape index (κ1) is 15.3. The van der Waals surface area contributed by atoms with Gasteiger partial charge in [-0.3, -0.25) is 4.90 Å². The molecule has 2 unspecified atom stereocenters. The fraction of sp³-hybridized carbons (Fsp3) is 1.00. The number of fused-ring (bicyclic) bond motifs is 1. The van der Waals surface area contributed by atoms with Crippen molar-refractivity contribution in [3.63, 3.8) is 0 Å². The standard InChI is InChI=1S/C16H33N3/c1-14(2)11-15(12-17)6-10-18-7-4-9-19-8-3-5-16(19)13-18/h14-16H,3-13,17H2,1-2H3. The van der Waals surface area contributed by atoms with E-state index in [1.54, 1.807) is 0 Å². The highest BCUT2D eigenvalue weighted by Gasteiger charge is 2.28. The molecule has 3 heteroatoms. The molecule has 0 aromatic heterocycles. The first-order valence-corrected chi connectivity index (χ1v) is 8.35. The van der Waals surface area contributed by atoms with Crippen molar-refractivity contribution in [1.82, 2.24) is 9.80 Å². The van der Waals surface area contributed by atoms with Crippen LogP contribution in [0.15, 0.2) is 0 Å². The van der Waals surface area contributed by atoms with E-state index in [1.165, 1.54) is 64.8 Å². The molecule has 2 atom stereocenters. The van der Waals surface area contributed by atoms with Gasteiger partial charge in [-0.25, -0.2) is 0 Å². The normalized spacial score (nSPS) is 27.5. The minimum absolute atomic E-state index is 0.725. The average molecular weight is 267 g/mol. The maximum absolute atomic E-state index is 5.93. The van der Waals surface area contributed by atoms with Crippen molar-refractivity contribution in [2.75, 3.05) is 39.3 Å². The van der Waals surface area contributed by atoms with Crippen molar-refractivity contribution in [3.05, 3.63) is 0 Å². The first-order valence-electron chi connectivity index (χ1n) is 8.35. The molecule has 2 aliphatic heterocycles. The van der Waals surface area contributed by atoms with E-state index in [4.69, 9.17) is 5.73 Å². The fourth-order valence-electron chi connectivity index (χ4n) is 3.85. The second-order valence-electron chi connectivity index (χ2n) is 7.01. The summed E-state index contributed by atoms with van der Waals surface area (Å²) in [6.45, 7) is 12.0. The van der Waals surface area contributed by atoms with Gasteiger partial charge in [-0.05, 0) is 76.7 Å². The van der Waals surface area contributed by atoms with Crippen LogP contribution in [0, 0.1) is 11.8 Å². The molecule has 0 radical (unpaired) electrons. The van der Waals surface area contributed by atoms with E-state index in [0.29, 0.717) is 0 Å². The molecule has 19 heavy (non-hydrogen) atoms. The van der Waals surface area contributed by atoms with Crippen LogP contribution in [0.25, 0.3) is 0 Å². The fourth-order valence-corrected chi connectivity index (χ4v) is 3.85. The minimum atomic E-state index is 0.725. The van der Waals surface area contributed by atoms with Gasteiger partial charge in [0, 0.05) is 12.6 Å². The highest BCUT2D eigenvalue weighted by atomic mass is 15.3. The van der Waals surface area contributed by atoms with Gasteiger partial charge in [0.05, 0.1) is 0 Å². The Balaban J connectivity index is 1.75. The largest absolute Gasteiger partial charge is 0.330 e. The van der Waals surface area contributed by atoms with Crippen molar-refractivity contribution in [3.8, 4) is 0 Å². The molecule has 112 valence electrons.